The van der Waals surface area contributed by atoms with Crippen molar-refractivity contribution in [2.75, 3.05) is 39.6 Å². The van der Waals surface area contributed by atoms with Crippen LogP contribution in [0.2, 0.25) is 0 Å². The molecule has 0 aromatic carbocycles. The zero-order valence-corrected chi connectivity index (χ0v) is 70.1. The van der Waals surface area contributed by atoms with Gasteiger partial charge in [-0.2, -0.15) is 0 Å². The Hall–Kier alpha value is -1.94. The van der Waals surface area contributed by atoms with Crippen molar-refractivity contribution in [3.63, 3.8) is 0 Å². The highest BCUT2D eigenvalue weighted by atomic mass is 31.2. The third-order valence-corrected chi connectivity index (χ3v) is 22.2. The van der Waals surface area contributed by atoms with E-state index < -0.39 is 97.5 Å². The van der Waals surface area contributed by atoms with Gasteiger partial charge in [0.25, 0.3) is 0 Å². The third kappa shape index (κ3) is 76.8. The van der Waals surface area contributed by atoms with Crippen LogP contribution in [0, 0.1) is 11.8 Å². The van der Waals surface area contributed by atoms with Gasteiger partial charge in [0, 0.05) is 25.7 Å². The summed E-state index contributed by atoms with van der Waals surface area (Å²) in [7, 11) is -9.93. The smallest absolute Gasteiger partial charge is 0.462 e. The Balaban J connectivity index is 5.25. The number of rotatable bonds is 84. The Morgan fingerprint density at radius 2 is 0.490 bits per heavy atom. The predicted octanol–water partition coefficient (Wildman–Crippen LogP) is 25.8. The Morgan fingerprint density at radius 1 is 0.279 bits per heavy atom. The number of unbranched alkanes of at least 4 members (excludes halogenated alkanes) is 53. The number of hydrogen-bond donors (Lipinski definition) is 3. The lowest BCUT2D eigenvalue weighted by molar-refractivity contribution is -0.161. The maximum atomic E-state index is 13.1. The zero-order chi connectivity index (χ0) is 76.4. The molecule has 0 saturated heterocycles. The molecule has 19 heteroatoms. The SMILES string of the molecule is CCCCCCCCCCCCCCCCCCCC(=O)O[C@H](COC(=O)CCCCCCCCCCCCC)COP(=O)(O)OC[C@H](O)COP(=O)(O)OC[C@@H](COC(=O)CCCCCCCCCCCCCCCCC(C)CC)OC(=O)CCCCCCCCCCCCCCCCCC(C)C. The van der Waals surface area contributed by atoms with Gasteiger partial charge < -0.3 is 33.8 Å². The molecule has 17 nitrogen and oxygen atoms in total. The molecule has 0 rings (SSSR count). The highest BCUT2D eigenvalue weighted by molar-refractivity contribution is 7.47. The molecular weight excluding hydrogens is 1350 g/mol. The van der Waals surface area contributed by atoms with Crippen molar-refractivity contribution in [2.24, 2.45) is 11.8 Å². The van der Waals surface area contributed by atoms with Gasteiger partial charge in [-0.1, -0.05) is 401 Å². The normalized spacial score (nSPS) is 14.1. The number of hydrogen-bond acceptors (Lipinski definition) is 15. The Kier molecular flexibility index (Phi) is 75.0. The van der Waals surface area contributed by atoms with E-state index in [0.29, 0.717) is 25.7 Å². The molecule has 3 unspecified atom stereocenters. The number of aliphatic hydroxyl groups excluding tert-OH is 1. The summed E-state index contributed by atoms with van der Waals surface area (Å²) in [6, 6.07) is 0. The minimum atomic E-state index is -4.97. The van der Waals surface area contributed by atoms with E-state index in [1.54, 1.807) is 0 Å². The minimum absolute atomic E-state index is 0.108. The number of carbonyl (C=O) groups excluding carboxylic acids is 4. The van der Waals surface area contributed by atoms with Crippen LogP contribution in [0.15, 0.2) is 0 Å². The van der Waals surface area contributed by atoms with Crippen molar-refractivity contribution in [3.8, 4) is 0 Å². The Bertz CT molecular complexity index is 2000. The van der Waals surface area contributed by atoms with Crippen LogP contribution >= 0.6 is 15.6 Å². The number of phosphoric ester groups is 2. The van der Waals surface area contributed by atoms with Gasteiger partial charge in [0.15, 0.2) is 12.2 Å². The molecule has 0 aliphatic carbocycles. The number of ether oxygens (including phenoxy) is 4. The van der Waals surface area contributed by atoms with E-state index >= 15 is 0 Å². The molecular formula is C85H166O17P2. The van der Waals surface area contributed by atoms with Crippen molar-refractivity contribution >= 4 is 39.5 Å². The molecule has 6 atom stereocenters. The molecule has 0 aliphatic heterocycles. The van der Waals surface area contributed by atoms with E-state index in [1.807, 2.05) is 0 Å². The number of carbonyl (C=O) groups is 4. The molecule has 0 spiro atoms. The van der Waals surface area contributed by atoms with Gasteiger partial charge in [0.2, 0.25) is 0 Å². The summed E-state index contributed by atoms with van der Waals surface area (Å²) in [5.74, 6) is -0.448. The summed E-state index contributed by atoms with van der Waals surface area (Å²) < 4.78 is 68.9. The fraction of sp³-hybridized carbons (Fsp3) is 0.953. The molecule has 0 fully saturated rings. The molecule has 0 saturated carbocycles. The van der Waals surface area contributed by atoms with Gasteiger partial charge in [-0.3, -0.25) is 37.3 Å². The maximum absolute atomic E-state index is 13.1. The first kappa shape index (κ1) is 102. The van der Waals surface area contributed by atoms with Crippen molar-refractivity contribution in [3.05, 3.63) is 0 Å². The average Bonchev–Trinajstić information content (AvgIpc) is 0.905. The molecule has 0 heterocycles. The topological polar surface area (TPSA) is 237 Å². The fourth-order valence-electron chi connectivity index (χ4n) is 13.2. The molecule has 0 amide bonds. The van der Waals surface area contributed by atoms with Crippen LogP contribution in [-0.2, 0) is 65.4 Å². The molecule has 0 bridgehead atoms. The first-order valence-corrected chi connectivity index (χ1v) is 47.0. The van der Waals surface area contributed by atoms with Crippen LogP contribution in [0.5, 0.6) is 0 Å². The quantitative estimate of drug-likeness (QED) is 0.0222. The predicted molar refractivity (Wildman–Crippen MR) is 428 cm³/mol. The summed E-state index contributed by atoms with van der Waals surface area (Å²) in [5, 5.41) is 10.7. The van der Waals surface area contributed by atoms with Crippen LogP contribution in [0.25, 0.3) is 0 Å². The van der Waals surface area contributed by atoms with Crippen LogP contribution in [-0.4, -0.2) is 96.7 Å². The van der Waals surface area contributed by atoms with Gasteiger partial charge in [0.1, 0.15) is 19.3 Å². The molecule has 104 heavy (non-hydrogen) atoms. The molecule has 618 valence electrons. The van der Waals surface area contributed by atoms with Gasteiger partial charge in [-0.25, -0.2) is 9.13 Å². The van der Waals surface area contributed by atoms with E-state index in [1.165, 1.54) is 270 Å². The largest absolute Gasteiger partial charge is 0.472 e. The monoisotopic (exact) mass is 1520 g/mol. The first-order valence-electron chi connectivity index (χ1n) is 44.0. The Labute approximate surface area is 638 Å². The number of esters is 4. The highest BCUT2D eigenvalue weighted by Gasteiger charge is 2.30. The number of phosphoric acid groups is 2. The van der Waals surface area contributed by atoms with E-state index in [0.717, 1.165) is 102 Å². The van der Waals surface area contributed by atoms with Gasteiger partial charge in [-0.05, 0) is 37.5 Å². The highest BCUT2D eigenvalue weighted by Crippen LogP contribution is 2.45. The second-order valence-corrected chi connectivity index (χ2v) is 34.2. The molecule has 0 aliphatic rings. The van der Waals surface area contributed by atoms with Gasteiger partial charge >= 0.3 is 39.5 Å². The lowest BCUT2D eigenvalue weighted by Crippen LogP contribution is -2.30. The lowest BCUT2D eigenvalue weighted by atomic mass is 9.99. The molecule has 0 aromatic rings. The van der Waals surface area contributed by atoms with E-state index in [9.17, 15) is 43.2 Å². The van der Waals surface area contributed by atoms with E-state index in [-0.39, 0.29) is 25.7 Å². The van der Waals surface area contributed by atoms with Crippen LogP contribution in [0.1, 0.15) is 452 Å². The zero-order valence-electron chi connectivity index (χ0n) is 68.3. The summed E-state index contributed by atoms with van der Waals surface area (Å²) in [6.07, 6.45) is 67.8. The van der Waals surface area contributed by atoms with Crippen molar-refractivity contribution < 1.29 is 80.2 Å². The van der Waals surface area contributed by atoms with E-state index in [4.69, 9.17) is 37.0 Å². The van der Waals surface area contributed by atoms with Crippen LogP contribution in [0.4, 0.5) is 0 Å². The lowest BCUT2D eigenvalue weighted by Gasteiger charge is -2.21. The summed E-state index contributed by atoms with van der Waals surface area (Å²) in [6.45, 7) is 9.75. The van der Waals surface area contributed by atoms with Crippen LogP contribution in [0.3, 0.4) is 0 Å². The average molecular weight is 1520 g/mol. The fourth-order valence-corrected chi connectivity index (χ4v) is 14.8. The summed E-state index contributed by atoms with van der Waals surface area (Å²) in [5.41, 5.74) is 0. The number of aliphatic hydroxyl groups is 1. The van der Waals surface area contributed by atoms with Crippen molar-refractivity contribution in [1.82, 2.24) is 0 Å². The second-order valence-electron chi connectivity index (χ2n) is 31.3. The van der Waals surface area contributed by atoms with Gasteiger partial charge in [0.05, 0.1) is 26.4 Å². The molecule has 0 radical (unpaired) electrons. The Morgan fingerprint density at radius 3 is 0.731 bits per heavy atom. The summed E-state index contributed by atoms with van der Waals surface area (Å²) >= 11 is 0. The van der Waals surface area contributed by atoms with E-state index in [2.05, 4.69) is 41.5 Å². The summed E-state index contributed by atoms with van der Waals surface area (Å²) in [4.78, 5) is 73.2. The second kappa shape index (κ2) is 76.4. The standard InChI is InChI=1S/C85H166O17P2/c1-7-10-12-14-16-18-20-21-22-23-26-33-39-45-51-57-63-69-84(89)101-80(73-95-82(87)67-61-55-49-43-35-19-17-15-13-11-8-2)75-99-103(91,92)97-71-79(86)72-98-104(93,94)100-76-81(102-85(90)70-64-58-52-46-40-34-27-24-25-30-36-41-47-53-59-65-77(4)5)74-96-83(88)68-62-56-50-44-38-32-29-28-31-37-42-48-54-60-66-78(6)9-3/h77-81,86H,7-76H2,1-6H3,(H,91,92)(H,93,94)/t78?,79-,80+,81+/m0/s1. The first-order chi connectivity index (χ1) is 50.4. The van der Waals surface area contributed by atoms with Gasteiger partial charge in [-0.15, -0.1) is 0 Å². The van der Waals surface area contributed by atoms with Crippen LogP contribution < -0.4 is 0 Å². The van der Waals surface area contributed by atoms with Crippen molar-refractivity contribution in [2.45, 2.75) is 471 Å². The molecule has 0 aromatic heterocycles. The van der Waals surface area contributed by atoms with Crippen molar-refractivity contribution in [1.29, 1.82) is 0 Å². The molecule has 3 N–H and O–H groups in total. The maximum Gasteiger partial charge on any atom is 0.472 e. The third-order valence-electron chi connectivity index (χ3n) is 20.3. The minimum Gasteiger partial charge on any atom is -0.462 e.